The molecule has 0 saturated carbocycles. The Morgan fingerprint density at radius 2 is 1.90 bits per heavy atom. The van der Waals surface area contributed by atoms with E-state index in [1.165, 1.54) is 11.3 Å². The van der Waals surface area contributed by atoms with Gasteiger partial charge in [0, 0.05) is 10.4 Å². The van der Waals surface area contributed by atoms with E-state index < -0.39 is 17.7 Å². The van der Waals surface area contributed by atoms with E-state index in [4.69, 9.17) is 0 Å². The fourth-order valence-electron chi connectivity index (χ4n) is 2.30. The van der Waals surface area contributed by atoms with E-state index >= 15 is 0 Å². The zero-order chi connectivity index (χ0) is 15.0. The number of nitrogens with one attached hydrogen (secondary N) is 1. The Bertz CT molecular complexity index is 729. The van der Waals surface area contributed by atoms with Crippen molar-refractivity contribution in [2.45, 2.75) is 13.0 Å². The van der Waals surface area contributed by atoms with E-state index in [-0.39, 0.29) is 11.3 Å². The van der Waals surface area contributed by atoms with Crippen molar-refractivity contribution < 1.29 is 14.7 Å². The van der Waals surface area contributed by atoms with Crippen LogP contribution in [0.15, 0.2) is 47.4 Å². The summed E-state index contributed by atoms with van der Waals surface area (Å²) in [5.74, 6) is -1.50. The lowest BCUT2D eigenvalue weighted by atomic mass is 10.00. The molecule has 0 aliphatic carbocycles. The molecule has 1 atom stereocenters. The molecule has 1 aliphatic rings. The van der Waals surface area contributed by atoms with Crippen LogP contribution < -0.4 is 5.32 Å². The number of ketones is 1. The smallest absolute Gasteiger partial charge is 0.293 e. The summed E-state index contributed by atoms with van der Waals surface area (Å²) in [5, 5.41) is 14.9. The number of hydrogen-bond donors (Lipinski definition) is 2. The minimum absolute atomic E-state index is 0.117. The number of amides is 1. The van der Waals surface area contributed by atoms with Gasteiger partial charge in [-0.3, -0.25) is 9.59 Å². The maximum absolute atomic E-state index is 12.1. The van der Waals surface area contributed by atoms with E-state index in [0.717, 1.165) is 10.4 Å². The highest BCUT2D eigenvalue weighted by Gasteiger charge is 2.39. The maximum atomic E-state index is 12.1. The van der Waals surface area contributed by atoms with Gasteiger partial charge in [0.2, 0.25) is 0 Å². The number of aliphatic hydroxyl groups is 1. The molecule has 106 valence electrons. The number of rotatable bonds is 2. The van der Waals surface area contributed by atoms with Gasteiger partial charge < -0.3 is 10.4 Å². The van der Waals surface area contributed by atoms with Gasteiger partial charge in [-0.05, 0) is 18.4 Å². The average Bonchev–Trinajstić information content (AvgIpc) is 3.09. The monoisotopic (exact) mass is 299 g/mol. The Kier molecular flexibility index (Phi) is 3.35. The summed E-state index contributed by atoms with van der Waals surface area (Å²) in [4.78, 5) is 24.6. The number of aliphatic hydroxyl groups excluding tert-OH is 1. The summed E-state index contributed by atoms with van der Waals surface area (Å²) < 4.78 is 0. The molecule has 1 aromatic heterocycles. The molecule has 0 radical (unpaired) electrons. The van der Waals surface area contributed by atoms with Crippen LogP contribution in [0.3, 0.4) is 0 Å². The zero-order valence-electron chi connectivity index (χ0n) is 11.3. The molecule has 1 fully saturated rings. The summed E-state index contributed by atoms with van der Waals surface area (Å²) in [7, 11) is 0. The minimum atomic E-state index is -0.679. The van der Waals surface area contributed by atoms with Gasteiger partial charge in [-0.1, -0.05) is 35.9 Å². The van der Waals surface area contributed by atoms with Crippen molar-refractivity contribution in [3.8, 4) is 0 Å². The highest BCUT2D eigenvalue weighted by molar-refractivity contribution is 7.10. The number of Topliss-reactive ketones (excluding diaryl/α,β-unsaturated/α-hetero) is 1. The van der Waals surface area contributed by atoms with Gasteiger partial charge in [0.15, 0.2) is 0 Å². The highest BCUT2D eigenvalue weighted by Crippen LogP contribution is 2.34. The second kappa shape index (κ2) is 5.18. The molecule has 1 aromatic carbocycles. The normalized spacial score (nSPS) is 20.5. The third kappa shape index (κ3) is 2.36. The first-order valence-corrected chi connectivity index (χ1v) is 7.34. The topological polar surface area (TPSA) is 66.4 Å². The first kappa shape index (κ1) is 13.6. The van der Waals surface area contributed by atoms with E-state index in [9.17, 15) is 14.7 Å². The Balaban J connectivity index is 2.11. The van der Waals surface area contributed by atoms with Crippen molar-refractivity contribution in [1.29, 1.82) is 0 Å². The Labute approximate surface area is 125 Å². The number of thiophene rings is 1. The molecule has 2 N–H and O–H groups in total. The summed E-state index contributed by atoms with van der Waals surface area (Å²) >= 11 is 1.43. The van der Waals surface area contributed by atoms with Crippen molar-refractivity contribution in [1.82, 2.24) is 5.32 Å². The number of carbonyl (C=O) groups excluding carboxylic acids is 2. The second-order valence-electron chi connectivity index (χ2n) is 4.88. The summed E-state index contributed by atoms with van der Waals surface area (Å²) in [6.07, 6.45) is 0. The average molecular weight is 299 g/mol. The van der Waals surface area contributed by atoms with Gasteiger partial charge in [0.1, 0.15) is 5.76 Å². The number of carbonyl (C=O) groups is 2. The molecule has 2 aromatic rings. The molecular formula is C16H13NO3S. The standard InChI is InChI=1S/C16H13NO3S/c1-9-4-6-10(7-5-9)14(18)12-13(11-3-2-8-21-11)17-16(20)15(12)19/h2-8,13,18H,1H3,(H,17,20)/b14-12+. The quantitative estimate of drug-likeness (QED) is 0.509. The molecule has 0 spiro atoms. The summed E-state index contributed by atoms with van der Waals surface area (Å²) in [5.41, 5.74) is 1.70. The highest BCUT2D eigenvalue weighted by atomic mass is 32.1. The molecule has 0 bridgehead atoms. The Hall–Kier alpha value is -2.40. The predicted octanol–water partition coefficient (Wildman–Crippen LogP) is 2.77. The molecule has 2 heterocycles. The number of hydrogen-bond acceptors (Lipinski definition) is 4. The maximum Gasteiger partial charge on any atom is 0.293 e. The Morgan fingerprint density at radius 1 is 1.19 bits per heavy atom. The van der Waals surface area contributed by atoms with Crippen molar-refractivity contribution in [3.63, 3.8) is 0 Å². The lowest BCUT2D eigenvalue weighted by Gasteiger charge is -2.11. The fourth-order valence-corrected chi connectivity index (χ4v) is 3.09. The van der Waals surface area contributed by atoms with E-state index in [1.807, 2.05) is 36.6 Å². The molecule has 1 aliphatic heterocycles. The second-order valence-corrected chi connectivity index (χ2v) is 5.86. The third-order valence-corrected chi connectivity index (χ3v) is 4.36. The fraction of sp³-hybridized carbons (Fsp3) is 0.125. The van der Waals surface area contributed by atoms with Crippen LogP contribution in [0.1, 0.15) is 22.0 Å². The van der Waals surface area contributed by atoms with Gasteiger partial charge in [-0.2, -0.15) is 0 Å². The predicted molar refractivity (Wildman–Crippen MR) is 80.9 cm³/mol. The van der Waals surface area contributed by atoms with Gasteiger partial charge in [0.05, 0.1) is 11.6 Å². The van der Waals surface area contributed by atoms with Gasteiger partial charge in [0.25, 0.3) is 11.7 Å². The SMILES string of the molecule is Cc1ccc(/C(O)=C2\C(=O)C(=O)NC2c2cccs2)cc1. The molecule has 21 heavy (non-hydrogen) atoms. The van der Waals surface area contributed by atoms with Crippen LogP contribution in [0.5, 0.6) is 0 Å². The van der Waals surface area contributed by atoms with Crippen LogP contribution in [-0.2, 0) is 9.59 Å². The van der Waals surface area contributed by atoms with Crippen LogP contribution in [0, 0.1) is 6.92 Å². The molecular weight excluding hydrogens is 286 g/mol. The molecule has 1 amide bonds. The Morgan fingerprint density at radius 3 is 2.52 bits per heavy atom. The number of benzene rings is 1. The third-order valence-electron chi connectivity index (χ3n) is 3.42. The van der Waals surface area contributed by atoms with E-state index in [0.29, 0.717) is 5.56 Å². The first-order valence-electron chi connectivity index (χ1n) is 6.46. The van der Waals surface area contributed by atoms with Crippen LogP contribution in [0.4, 0.5) is 0 Å². The number of aryl methyl sites for hydroxylation is 1. The molecule has 1 saturated heterocycles. The molecule has 3 rings (SSSR count). The van der Waals surface area contributed by atoms with Gasteiger partial charge >= 0.3 is 0 Å². The van der Waals surface area contributed by atoms with Crippen LogP contribution in [-0.4, -0.2) is 16.8 Å². The summed E-state index contributed by atoms with van der Waals surface area (Å²) in [6.45, 7) is 1.94. The van der Waals surface area contributed by atoms with Crippen molar-refractivity contribution in [2.24, 2.45) is 0 Å². The van der Waals surface area contributed by atoms with E-state index in [2.05, 4.69) is 5.32 Å². The first-order chi connectivity index (χ1) is 10.1. The molecule has 5 heteroatoms. The van der Waals surface area contributed by atoms with Crippen LogP contribution in [0.2, 0.25) is 0 Å². The van der Waals surface area contributed by atoms with E-state index in [1.54, 1.807) is 12.1 Å². The largest absolute Gasteiger partial charge is 0.507 e. The van der Waals surface area contributed by atoms with Crippen LogP contribution >= 0.6 is 11.3 Å². The minimum Gasteiger partial charge on any atom is -0.507 e. The lowest BCUT2D eigenvalue weighted by Crippen LogP contribution is -2.20. The van der Waals surface area contributed by atoms with Crippen molar-refractivity contribution in [3.05, 3.63) is 63.4 Å². The lowest BCUT2D eigenvalue weighted by molar-refractivity contribution is -0.133. The van der Waals surface area contributed by atoms with Gasteiger partial charge in [-0.25, -0.2) is 0 Å². The molecule has 4 nitrogen and oxygen atoms in total. The zero-order valence-corrected chi connectivity index (χ0v) is 12.1. The molecule has 1 unspecified atom stereocenters. The summed E-state index contributed by atoms with van der Waals surface area (Å²) in [6, 6.07) is 10.3. The van der Waals surface area contributed by atoms with Crippen LogP contribution in [0.25, 0.3) is 5.76 Å². The van der Waals surface area contributed by atoms with Crippen molar-refractivity contribution in [2.75, 3.05) is 0 Å². The van der Waals surface area contributed by atoms with Gasteiger partial charge in [-0.15, -0.1) is 11.3 Å². The van der Waals surface area contributed by atoms with Crippen molar-refractivity contribution >= 4 is 28.8 Å².